The van der Waals surface area contributed by atoms with Crippen LogP contribution < -0.4 is 10.5 Å². The number of nitrogens with two attached hydrogens (primary N) is 1. The van der Waals surface area contributed by atoms with Crippen LogP contribution in [-0.4, -0.2) is 26.5 Å². The standard InChI is InChI=1S/C16H17F2N5O/c1-8(6-24-13-10(17)4-3-5-11(13)18)9(2)15-22-12-14(19)20-7-21-16(12)23-15/h3-5,7-9H,6H2,1-2H3,(H3,19,20,21,22,23). The highest BCUT2D eigenvalue weighted by Crippen LogP contribution is 2.27. The molecular formula is C16H17F2N5O. The Balaban J connectivity index is 1.74. The Morgan fingerprint density at radius 2 is 1.92 bits per heavy atom. The van der Waals surface area contributed by atoms with E-state index in [1.807, 2.05) is 13.8 Å². The van der Waals surface area contributed by atoms with E-state index in [-0.39, 0.29) is 24.2 Å². The van der Waals surface area contributed by atoms with Gasteiger partial charge in [-0.1, -0.05) is 19.9 Å². The molecule has 3 rings (SSSR count). The monoisotopic (exact) mass is 333 g/mol. The second-order valence-corrected chi connectivity index (χ2v) is 5.71. The second kappa shape index (κ2) is 6.38. The molecule has 2 aromatic heterocycles. The lowest BCUT2D eigenvalue weighted by Crippen LogP contribution is -2.17. The fourth-order valence-corrected chi connectivity index (χ4v) is 2.33. The fraction of sp³-hybridized carbons (Fsp3) is 0.312. The van der Waals surface area contributed by atoms with E-state index in [9.17, 15) is 8.78 Å². The van der Waals surface area contributed by atoms with Crippen molar-refractivity contribution in [3.63, 3.8) is 0 Å². The van der Waals surface area contributed by atoms with Gasteiger partial charge in [-0.25, -0.2) is 23.7 Å². The predicted molar refractivity (Wildman–Crippen MR) is 85.5 cm³/mol. The maximum Gasteiger partial charge on any atom is 0.190 e. The van der Waals surface area contributed by atoms with Gasteiger partial charge in [0.15, 0.2) is 28.8 Å². The normalized spacial score (nSPS) is 13.8. The molecule has 0 radical (unpaired) electrons. The van der Waals surface area contributed by atoms with E-state index in [2.05, 4.69) is 19.9 Å². The molecule has 24 heavy (non-hydrogen) atoms. The van der Waals surface area contributed by atoms with Gasteiger partial charge < -0.3 is 15.5 Å². The van der Waals surface area contributed by atoms with Gasteiger partial charge in [0.05, 0.1) is 6.61 Å². The molecule has 0 saturated carbocycles. The third kappa shape index (κ3) is 2.99. The highest BCUT2D eigenvalue weighted by atomic mass is 19.1. The molecule has 126 valence electrons. The van der Waals surface area contributed by atoms with E-state index in [1.54, 1.807) is 0 Å². The van der Waals surface area contributed by atoms with Gasteiger partial charge in [0.1, 0.15) is 17.7 Å². The fourth-order valence-electron chi connectivity index (χ4n) is 2.33. The maximum absolute atomic E-state index is 13.6. The number of rotatable bonds is 5. The summed E-state index contributed by atoms with van der Waals surface area (Å²) in [6, 6.07) is 3.61. The first kappa shape index (κ1) is 16.1. The number of nitrogen functional groups attached to an aromatic ring is 1. The van der Waals surface area contributed by atoms with Gasteiger partial charge in [0.2, 0.25) is 0 Å². The molecule has 0 bridgehead atoms. The number of benzene rings is 1. The number of hydrogen-bond acceptors (Lipinski definition) is 5. The zero-order chi connectivity index (χ0) is 17.3. The Hall–Kier alpha value is -2.77. The van der Waals surface area contributed by atoms with Crippen LogP contribution in [0.5, 0.6) is 5.75 Å². The van der Waals surface area contributed by atoms with Gasteiger partial charge >= 0.3 is 0 Å². The van der Waals surface area contributed by atoms with Gasteiger partial charge in [-0.2, -0.15) is 0 Å². The largest absolute Gasteiger partial charge is 0.487 e. The van der Waals surface area contributed by atoms with Crippen molar-refractivity contribution in [3.05, 3.63) is 42.0 Å². The van der Waals surface area contributed by atoms with Crippen LogP contribution in [0.2, 0.25) is 0 Å². The van der Waals surface area contributed by atoms with E-state index >= 15 is 0 Å². The Bertz CT molecular complexity index is 847. The highest BCUT2D eigenvalue weighted by Gasteiger charge is 2.21. The van der Waals surface area contributed by atoms with Crippen LogP contribution in [0.15, 0.2) is 24.5 Å². The minimum atomic E-state index is -0.721. The summed E-state index contributed by atoms with van der Waals surface area (Å²) in [5.41, 5.74) is 6.83. The molecule has 0 spiro atoms. The Morgan fingerprint density at radius 1 is 1.21 bits per heavy atom. The zero-order valence-electron chi connectivity index (χ0n) is 13.3. The molecule has 3 N–H and O–H groups in total. The summed E-state index contributed by atoms with van der Waals surface area (Å²) < 4.78 is 32.5. The molecule has 0 aliphatic carbocycles. The van der Waals surface area contributed by atoms with Crippen LogP contribution in [0, 0.1) is 17.6 Å². The minimum absolute atomic E-state index is 0.0567. The quantitative estimate of drug-likeness (QED) is 0.749. The highest BCUT2D eigenvalue weighted by molar-refractivity contribution is 5.81. The molecule has 2 unspecified atom stereocenters. The van der Waals surface area contributed by atoms with Gasteiger partial charge in [-0.3, -0.25) is 0 Å². The molecule has 0 aliphatic heterocycles. The van der Waals surface area contributed by atoms with Crippen molar-refractivity contribution in [2.75, 3.05) is 12.3 Å². The number of nitrogens with one attached hydrogen (secondary N) is 1. The SMILES string of the molecule is CC(COc1c(F)cccc1F)C(C)c1nc2c(N)ncnc2[nH]1. The van der Waals surface area contributed by atoms with Crippen molar-refractivity contribution >= 4 is 17.0 Å². The average molecular weight is 333 g/mol. The number of anilines is 1. The minimum Gasteiger partial charge on any atom is -0.487 e. The van der Waals surface area contributed by atoms with Crippen LogP contribution in [-0.2, 0) is 0 Å². The Morgan fingerprint density at radius 3 is 2.58 bits per heavy atom. The summed E-state index contributed by atoms with van der Waals surface area (Å²) in [6.07, 6.45) is 1.36. The Labute approximate surface area is 137 Å². The number of halogens is 2. The van der Waals surface area contributed by atoms with Crippen LogP contribution in [0.1, 0.15) is 25.6 Å². The lowest BCUT2D eigenvalue weighted by molar-refractivity contribution is 0.221. The number of ether oxygens (including phenoxy) is 1. The summed E-state index contributed by atoms with van der Waals surface area (Å²) in [6.45, 7) is 3.98. The number of aromatic nitrogens is 4. The van der Waals surface area contributed by atoms with E-state index < -0.39 is 11.6 Å². The molecule has 1 aromatic carbocycles. The maximum atomic E-state index is 13.6. The number of imidazole rings is 1. The van der Waals surface area contributed by atoms with Crippen LogP contribution in [0.25, 0.3) is 11.2 Å². The molecule has 0 aliphatic rings. The molecule has 0 amide bonds. The van der Waals surface area contributed by atoms with E-state index in [0.717, 1.165) is 12.1 Å². The first-order chi connectivity index (χ1) is 11.5. The number of fused-ring (bicyclic) bond motifs is 1. The van der Waals surface area contributed by atoms with Crippen molar-refractivity contribution in [1.29, 1.82) is 0 Å². The lowest BCUT2D eigenvalue weighted by Gasteiger charge is -2.19. The lowest BCUT2D eigenvalue weighted by atomic mass is 9.96. The average Bonchev–Trinajstić information content (AvgIpc) is 2.99. The number of hydrogen-bond donors (Lipinski definition) is 2. The molecule has 6 nitrogen and oxygen atoms in total. The zero-order valence-corrected chi connectivity index (χ0v) is 13.3. The summed E-state index contributed by atoms with van der Waals surface area (Å²) in [5.74, 6) is -0.957. The molecule has 3 aromatic rings. The van der Waals surface area contributed by atoms with E-state index in [0.29, 0.717) is 22.8 Å². The molecule has 2 atom stereocenters. The first-order valence-electron chi connectivity index (χ1n) is 7.50. The van der Waals surface area contributed by atoms with Crippen LogP contribution >= 0.6 is 0 Å². The summed E-state index contributed by atoms with van der Waals surface area (Å²) in [5, 5.41) is 0. The predicted octanol–water partition coefficient (Wildman–Crippen LogP) is 3.03. The number of H-pyrrole nitrogens is 1. The third-order valence-electron chi connectivity index (χ3n) is 4.02. The van der Waals surface area contributed by atoms with Crippen molar-refractivity contribution < 1.29 is 13.5 Å². The summed E-state index contributed by atoms with van der Waals surface area (Å²) in [7, 11) is 0. The molecule has 0 saturated heterocycles. The number of aromatic amines is 1. The number of nitrogens with zero attached hydrogens (tertiary/aromatic N) is 3. The van der Waals surface area contributed by atoms with Gasteiger partial charge in [-0.05, 0) is 18.1 Å². The molecule has 0 fully saturated rings. The van der Waals surface area contributed by atoms with Crippen molar-refractivity contribution in [3.8, 4) is 5.75 Å². The van der Waals surface area contributed by atoms with Gasteiger partial charge in [0.25, 0.3) is 0 Å². The van der Waals surface area contributed by atoms with Gasteiger partial charge in [0, 0.05) is 5.92 Å². The Kier molecular flexibility index (Phi) is 4.28. The number of para-hydroxylation sites is 1. The molecular weight excluding hydrogens is 316 g/mol. The van der Waals surface area contributed by atoms with E-state index in [1.165, 1.54) is 12.4 Å². The van der Waals surface area contributed by atoms with Crippen LogP contribution in [0.3, 0.4) is 0 Å². The second-order valence-electron chi connectivity index (χ2n) is 5.71. The van der Waals surface area contributed by atoms with Crippen molar-refractivity contribution in [1.82, 2.24) is 19.9 Å². The third-order valence-corrected chi connectivity index (χ3v) is 4.02. The van der Waals surface area contributed by atoms with Crippen molar-refractivity contribution in [2.45, 2.75) is 19.8 Å². The molecule has 8 heteroatoms. The summed E-state index contributed by atoms with van der Waals surface area (Å²) >= 11 is 0. The van der Waals surface area contributed by atoms with Crippen LogP contribution in [0.4, 0.5) is 14.6 Å². The first-order valence-corrected chi connectivity index (χ1v) is 7.50. The topological polar surface area (TPSA) is 89.7 Å². The van der Waals surface area contributed by atoms with Crippen molar-refractivity contribution in [2.24, 2.45) is 5.92 Å². The van der Waals surface area contributed by atoms with Gasteiger partial charge in [-0.15, -0.1) is 0 Å². The summed E-state index contributed by atoms with van der Waals surface area (Å²) in [4.78, 5) is 15.5. The molecule has 2 heterocycles. The smallest absolute Gasteiger partial charge is 0.190 e. The van der Waals surface area contributed by atoms with E-state index in [4.69, 9.17) is 10.5 Å².